The van der Waals surface area contributed by atoms with Gasteiger partial charge in [0.05, 0.1) is 0 Å². The molecule has 1 N–H and O–H groups in total. The molecule has 1 saturated carbocycles. The van der Waals surface area contributed by atoms with Gasteiger partial charge in [-0.05, 0) is 32.4 Å². The Morgan fingerprint density at radius 3 is 2.67 bits per heavy atom. The average Bonchev–Trinajstić information content (AvgIpc) is 2.64. The lowest BCUT2D eigenvalue weighted by atomic mass is 10.0. The van der Waals surface area contributed by atoms with Crippen molar-refractivity contribution in [3.63, 3.8) is 0 Å². The number of amides is 1. The van der Waals surface area contributed by atoms with Crippen molar-refractivity contribution in [3.05, 3.63) is 0 Å². The Kier molecular flexibility index (Phi) is 4.58. The average molecular weight is 212 g/mol. The fraction of sp³-hybridized carbons (Fsp3) is 0.917. The van der Waals surface area contributed by atoms with Crippen LogP contribution in [0, 0.1) is 11.8 Å². The Balaban J connectivity index is 2.57. The quantitative estimate of drug-likeness (QED) is 0.765. The Morgan fingerprint density at radius 2 is 2.13 bits per heavy atom. The highest BCUT2D eigenvalue weighted by atomic mass is 16.2. The number of hydrogen-bond acceptors (Lipinski definition) is 2. The standard InChI is InChI=1S/C12H24N2O/c1-9(2)12(15)14(4)11-7-5-6-10(11)8-13-3/h9-11,13H,5-8H2,1-4H3. The highest BCUT2D eigenvalue weighted by molar-refractivity contribution is 5.78. The molecule has 0 aromatic heterocycles. The Labute approximate surface area is 93.2 Å². The first-order valence-corrected chi connectivity index (χ1v) is 5.99. The van der Waals surface area contributed by atoms with Crippen LogP contribution in [0.2, 0.25) is 0 Å². The van der Waals surface area contributed by atoms with Crippen LogP contribution < -0.4 is 5.32 Å². The number of carbonyl (C=O) groups is 1. The van der Waals surface area contributed by atoms with Crippen molar-refractivity contribution in [2.75, 3.05) is 20.6 Å². The van der Waals surface area contributed by atoms with Crippen LogP contribution in [0.5, 0.6) is 0 Å². The molecular weight excluding hydrogens is 188 g/mol. The van der Waals surface area contributed by atoms with E-state index in [9.17, 15) is 4.79 Å². The van der Waals surface area contributed by atoms with E-state index >= 15 is 0 Å². The van der Waals surface area contributed by atoms with Crippen molar-refractivity contribution in [2.24, 2.45) is 11.8 Å². The van der Waals surface area contributed by atoms with E-state index in [1.807, 2.05) is 32.8 Å². The van der Waals surface area contributed by atoms with Gasteiger partial charge < -0.3 is 10.2 Å². The van der Waals surface area contributed by atoms with Crippen molar-refractivity contribution in [3.8, 4) is 0 Å². The first-order valence-electron chi connectivity index (χ1n) is 5.99. The summed E-state index contributed by atoms with van der Waals surface area (Å²) in [5, 5.41) is 3.22. The third-order valence-corrected chi connectivity index (χ3v) is 3.42. The van der Waals surface area contributed by atoms with Crippen LogP contribution in [-0.4, -0.2) is 37.5 Å². The summed E-state index contributed by atoms with van der Waals surface area (Å²) in [7, 11) is 3.95. The number of nitrogens with zero attached hydrogens (tertiary/aromatic N) is 1. The molecule has 0 saturated heterocycles. The van der Waals surface area contributed by atoms with E-state index in [0.29, 0.717) is 12.0 Å². The van der Waals surface area contributed by atoms with Crippen LogP contribution in [0.3, 0.4) is 0 Å². The molecule has 0 radical (unpaired) electrons. The molecule has 2 unspecified atom stereocenters. The van der Waals surface area contributed by atoms with Crippen LogP contribution in [0.1, 0.15) is 33.1 Å². The molecule has 1 aliphatic carbocycles. The van der Waals surface area contributed by atoms with Crippen LogP contribution in [0.25, 0.3) is 0 Å². The lowest BCUT2D eigenvalue weighted by Crippen LogP contribution is -2.43. The second-order valence-electron chi connectivity index (χ2n) is 4.92. The van der Waals surface area contributed by atoms with Crippen molar-refractivity contribution in [1.82, 2.24) is 10.2 Å². The molecule has 0 heterocycles. The van der Waals surface area contributed by atoms with Crippen LogP contribution in [0.4, 0.5) is 0 Å². The van der Waals surface area contributed by atoms with Gasteiger partial charge in [0.25, 0.3) is 0 Å². The summed E-state index contributed by atoms with van der Waals surface area (Å²) in [6, 6.07) is 0.451. The predicted octanol–water partition coefficient (Wildman–Crippen LogP) is 1.49. The smallest absolute Gasteiger partial charge is 0.225 e. The lowest BCUT2D eigenvalue weighted by Gasteiger charge is -2.31. The first-order chi connectivity index (χ1) is 7.07. The molecule has 88 valence electrons. The van der Waals surface area contributed by atoms with E-state index in [-0.39, 0.29) is 11.8 Å². The molecule has 0 aromatic rings. The second kappa shape index (κ2) is 5.50. The highest BCUT2D eigenvalue weighted by Gasteiger charge is 2.32. The van der Waals surface area contributed by atoms with E-state index < -0.39 is 0 Å². The third-order valence-electron chi connectivity index (χ3n) is 3.42. The minimum atomic E-state index is 0.117. The Morgan fingerprint density at radius 1 is 1.47 bits per heavy atom. The zero-order chi connectivity index (χ0) is 11.4. The van der Waals surface area contributed by atoms with E-state index in [1.165, 1.54) is 19.3 Å². The van der Waals surface area contributed by atoms with Crippen LogP contribution >= 0.6 is 0 Å². The normalized spacial score (nSPS) is 25.9. The summed E-state index contributed by atoms with van der Waals surface area (Å²) in [5.41, 5.74) is 0. The minimum absolute atomic E-state index is 0.117. The molecule has 0 aliphatic heterocycles. The molecule has 0 spiro atoms. The van der Waals surface area contributed by atoms with Gasteiger partial charge in [-0.25, -0.2) is 0 Å². The van der Waals surface area contributed by atoms with Crippen molar-refractivity contribution in [2.45, 2.75) is 39.2 Å². The molecule has 15 heavy (non-hydrogen) atoms. The Bertz CT molecular complexity index is 216. The van der Waals surface area contributed by atoms with Crippen LogP contribution in [0.15, 0.2) is 0 Å². The maximum atomic E-state index is 11.9. The van der Waals surface area contributed by atoms with Gasteiger partial charge in [-0.3, -0.25) is 4.79 Å². The largest absolute Gasteiger partial charge is 0.342 e. The van der Waals surface area contributed by atoms with Gasteiger partial charge >= 0.3 is 0 Å². The summed E-state index contributed by atoms with van der Waals surface area (Å²) < 4.78 is 0. The fourth-order valence-corrected chi connectivity index (χ4v) is 2.60. The molecule has 1 rings (SSSR count). The first kappa shape index (κ1) is 12.5. The lowest BCUT2D eigenvalue weighted by molar-refractivity contribution is -0.135. The number of carbonyl (C=O) groups excluding carboxylic acids is 1. The fourth-order valence-electron chi connectivity index (χ4n) is 2.60. The molecule has 0 aromatic carbocycles. The third kappa shape index (κ3) is 2.94. The number of nitrogens with one attached hydrogen (secondary N) is 1. The predicted molar refractivity (Wildman–Crippen MR) is 62.7 cm³/mol. The van der Waals surface area contributed by atoms with E-state index in [1.54, 1.807) is 0 Å². The summed E-state index contributed by atoms with van der Waals surface area (Å²) >= 11 is 0. The van der Waals surface area contributed by atoms with Gasteiger partial charge in [0.2, 0.25) is 5.91 Å². The Hall–Kier alpha value is -0.570. The summed E-state index contributed by atoms with van der Waals surface area (Å²) in [4.78, 5) is 13.9. The maximum Gasteiger partial charge on any atom is 0.225 e. The zero-order valence-corrected chi connectivity index (χ0v) is 10.4. The second-order valence-corrected chi connectivity index (χ2v) is 4.92. The van der Waals surface area contributed by atoms with Gasteiger partial charge in [-0.2, -0.15) is 0 Å². The minimum Gasteiger partial charge on any atom is -0.342 e. The molecule has 3 nitrogen and oxygen atoms in total. The topological polar surface area (TPSA) is 32.3 Å². The molecular formula is C12H24N2O. The molecule has 0 bridgehead atoms. The molecule has 1 aliphatic rings. The molecule has 1 amide bonds. The van der Waals surface area contributed by atoms with E-state index in [4.69, 9.17) is 0 Å². The SMILES string of the molecule is CNCC1CCCC1N(C)C(=O)C(C)C. The van der Waals surface area contributed by atoms with Crippen molar-refractivity contribution < 1.29 is 4.79 Å². The number of rotatable bonds is 4. The van der Waals surface area contributed by atoms with Gasteiger partial charge in [0.1, 0.15) is 0 Å². The van der Waals surface area contributed by atoms with Gasteiger partial charge in [-0.15, -0.1) is 0 Å². The maximum absolute atomic E-state index is 11.9. The zero-order valence-electron chi connectivity index (χ0n) is 10.4. The van der Waals surface area contributed by atoms with E-state index in [0.717, 1.165) is 6.54 Å². The molecule has 1 fully saturated rings. The van der Waals surface area contributed by atoms with Crippen molar-refractivity contribution >= 4 is 5.91 Å². The monoisotopic (exact) mass is 212 g/mol. The van der Waals surface area contributed by atoms with Crippen molar-refractivity contribution in [1.29, 1.82) is 0 Å². The van der Waals surface area contributed by atoms with Crippen LogP contribution in [-0.2, 0) is 4.79 Å². The number of hydrogen-bond donors (Lipinski definition) is 1. The molecule has 2 atom stereocenters. The van der Waals surface area contributed by atoms with E-state index in [2.05, 4.69) is 5.32 Å². The van der Waals surface area contributed by atoms with Gasteiger partial charge in [-0.1, -0.05) is 20.3 Å². The summed E-state index contributed by atoms with van der Waals surface area (Å²) in [6.07, 6.45) is 3.68. The highest BCUT2D eigenvalue weighted by Crippen LogP contribution is 2.29. The van der Waals surface area contributed by atoms with Gasteiger partial charge in [0, 0.05) is 19.0 Å². The molecule has 3 heteroatoms. The summed E-state index contributed by atoms with van der Waals surface area (Å²) in [6.45, 7) is 4.97. The van der Waals surface area contributed by atoms with Gasteiger partial charge in [0.15, 0.2) is 0 Å². The summed E-state index contributed by atoms with van der Waals surface area (Å²) in [5.74, 6) is 1.04.